The lowest BCUT2D eigenvalue weighted by Crippen LogP contribution is -2.43. The van der Waals surface area contributed by atoms with Gasteiger partial charge < -0.3 is 15.2 Å². The molecule has 0 amide bonds. The van der Waals surface area contributed by atoms with Crippen molar-refractivity contribution in [1.82, 2.24) is 19.9 Å². The van der Waals surface area contributed by atoms with Gasteiger partial charge in [-0.3, -0.25) is 9.88 Å². The molecular formula is C31H32F3N5O2S. The van der Waals surface area contributed by atoms with Gasteiger partial charge in [0, 0.05) is 36.5 Å². The van der Waals surface area contributed by atoms with Crippen molar-refractivity contribution in [3.8, 4) is 23.0 Å². The van der Waals surface area contributed by atoms with Gasteiger partial charge in [-0.15, -0.1) is 0 Å². The number of benzene rings is 2. The fourth-order valence-corrected chi connectivity index (χ4v) is 8.07. The molecular weight excluding hydrogens is 563 g/mol. The Bertz CT molecular complexity index is 1680. The SMILES string of the molecule is CCc1c(F)ccc2cc(O)cc(-c3ncc4c(NC5CCSC5)nc(OC[C@@]56CCCN5C[C@H](F)C6)nc4c3F)c12. The summed E-state index contributed by atoms with van der Waals surface area (Å²) in [6.07, 6.45) is 4.14. The number of aryl methyl sites for hydroxylation is 1. The van der Waals surface area contributed by atoms with E-state index in [1.54, 1.807) is 6.07 Å². The van der Waals surface area contributed by atoms with Crippen LogP contribution in [0.5, 0.6) is 11.8 Å². The molecule has 3 atom stereocenters. The molecule has 11 heteroatoms. The number of aromatic nitrogens is 3. The van der Waals surface area contributed by atoms with E-state index in [0.29, 0.717) is 46.9 Å². The first-order chi connectivity index (χ1) is 20.3. The van der Waals surface area contributed by atoms with E-state index in [-0.39, 0.29) is 41.2 Å². The number of aromatic hydroxyl groups is 1. The van der Waals surface area contributed by atoms with Crippen molar-refractivity contribution >= 4 is 39.3 Å². The molecule has 0 spiro atoms. The van der Waals surface area contributed by atoms with Gasteiger partial charge in [-0.05, 0) is 72.5 Å². The zero-order valence-electron chi connectivity index (χ0n) is 23.3. The number of thioether (sulfide) groups is 1. The highest BCUT2D eigenvalue weighted by atomic mass is 32.2. The van der Waals surface area contributed by atoms with Crippen molar-refractivity contribution < 1.29 is 23.0 Å². The molecule has 1 unspecified atom stereocenters. The Labute approximate surface area is 245 Å². The van der Waals surface area contributed by atoms with Crippen LogP contribution >= 0.6 is 11.8 Å². The van der Waals surface area contributed by atoms with E-state index in [9.17, 15) is 13.9 Å². The zero-order valence-corrected chi connectivity index (χ0v) is 24.1. The summed E-state index contributed by atoms with van der Waals surface area (Å²) < 4.78 is 51.9. The number of rotatable bonds is 7. The lowest BCUT2D eigenvalue weighted by Gasteiger charge is -2.30. The minimum absolute atomic E-state index is 0.0105. The fourth-order valence-electron chi connectivity index (χ4n) is 6.92. The Morgan fingerprint density at radius 1 is 1.24 bits per heavy atom. The number of hydrogen-bond acceptors (Lipinski definition) is 8. The molecule has 42 heavy (non-hydrogen) atoms. The average Bonchev–Trinajstić information content (AvgIpc) is 3.69. The van der Waals surface area contributed by atoms with Crippen molar-refractivity contribution in [1.29, 1.82) is 0 Å². The molecule has 3 aliphatic rings. The quantitative estimate of drug-likeness (QED) is 0.259. The Morgan fingerprint density at radius 2 is 2.12 bits per heavy atom. The molecule has 7 nitrogen and oxygen atoms in total. The monoisotopic (exact) mass is 595 g/mol. The molecule has 2 aromatic heterocycles. The van der Waals surface area contributed by atoms with Gasteiger partial charge in [0.25, 0.3) is 0 Å². The number of ether oxygens (including phenoxy) is 1. The molecule has 2 N–H and O–H groups in total. The number of nitrogens with zero attached hydrogens (tertiary/aromatic N) is 4. The maximum atomic E-state index is 16.6. The molecule has 220 valence electrons. The Morgan fingerprint density at radius 3 is 2.93 bits per heavy atom. The minimum Gasteiger partial charge on any atom is -0.508 e. The van der Waals surface area contributed by atoms with Gasteiger partial charge in [0.05, 0.1) is 10.9 Å². The number of pyridine rings is 1. The number of hydrogen-bond donors (Lipinski definition) is 2. The summed E-state index contributed by atoms with van der Waals surface area (Å²) in [6.45, 7) is 3.27. The summed E-state index contributed by atoms with van der Waals surface area (Å²) in [7, 11) is 0. The summed E-state index contributed by atoms with van der Waals surface area (Å²) in [5.74, 6) is 1.14. The van der Waals surface area contributed by atoms with E-state index < -0.39 is 23.3 Å². The van der Waals surface area contributed by atoms with Crippen molar-refractivity contribution in [2.24, 2.45) is 0 Å². The number of fused-ring (bicyclic) bond motifs is 3. The van der Waals surface area contributed by atoms with Crippen molar-refractivity contribution in [3.63, 3.8) is 0 Å². The first-order valence-corrected chi connectivity index (χ1v) is 15.7. The van der Waals surface area contributed by atoms with Gasteiger partial charge in [-0.1, -0.05) is 13.0 Å². The Hall–Kier alpha value is -3.31. The van der Waals surface area contributed by atoms with Crippen molar-refractivity contribution in [2.75, 3.05) is 36.5 Å². The van der Waals surface area contributed by atoms with Gasteiger partial charge in [-0.25, -0.2) is 13.2 Å². The van der Waals surface area contributed by atoms with Crippen LogP contribution in [-0.4, -0.2) is 73.9 Å². The minimum atomic E-state index is -0.899. The summed E-state index contributed by atoms with van der Waals surface area (Å²) in [5, 5.41) is 15.4. The highest BCUT2D eigenvalue weighted by Crippen LogP contribution is 2.41. The van der Waals surface area contributed by atoms with Crippen LogP contribution < -0.4 is 10.1 Å². The zero-order chi connectivity index (χ0) is 29.0. The molecule has 3 fully saturated rings. The van der Waals surface area contributed by atoms with Crippen molar-refractivity contribution in [2.45, 2.75) is 56.8 Å². The van der Waals surface area contributed by atoms with E-state index in [4.69, 9.17) is 4.74 Å². The Kier molecular flexibility index (Phi) is 7.05. The predicted molar refractivity (Wildman–Crippen MR) is 159 cm³/mol. The number of phenolic OH excluding ortho intramolecular Hbond substituents is 1. The number of nitrogens with one attached hydrogen (secondary N) is 1. The normalized spacial score (nSPS) is 24.1. The molecule has 4 aromatic rings. The average molecular weight is 596 g/mol. The Balaban J connectivity index is 1.35. The third-order valence-electron chi connectivity index (χ3n) is 8.93. The second kappa shape index (κ2) is 10.8. The second-order valence-electron chi connectivity index (χ2n) is 11.6. The molecule has 0 bridgehead atoms. The van der Waals surface area contributed by atoms with Gasteiger partial charge >= 0.3 is 6.01 Å². The number of anilines is 1. The van der Waals surface area contributed by atoms with Gasteiger partial charge in [0.2, 0.25) is 0 Å². The van der Waals surface area contributed by atoms with Crippen LogP contribution in [0, 0.1) is 11.6 Å². The summed E-state index contributed by atoms with van der Waals surface area (Å²) in [6, 6.07) is 6.02. The maximum Gasteiger partial charge on any atom is 0.319 e. The molecule has 0 saturated carbocycles. The third-order valence-corrected chi connectivity index (χ3v) is 10.1. The van der Waals surface area contributed by atoms with Gasteiger partial charge in [-0.2, -0.15) is 21.7 Å². The topological polar surface area (TPSA) is 83.4 Å². The number of alkyl halides is 1. The van der Waals surface area contributed by atoms with E-state index in [0.717, 1.165) is 37.3 Å². The first kappa shape index (κ1) is 27.5. The largest absolute Gasteiger partial charge is 0.508 e. The van der Waals surface area contributed by atoms with Gasteiger partial charge in [0.1, 0.15) is 41.4 Å². The van der Waals surface area contributed by atoms with E-state index in [1.165, 1.54) is 24.4 Å². The molecule has 0 radical (unpaired) electrons. The van der Waals surface area contributed by atoms with Crippen LogP contribution in [0.4, 0.5) is 19.0 Å². The van der Waals surface area contributed by atoms with Crippen LogP contribution in [0.1, 0.15) is 38.2 Å². The number of phenols is 1. The first-order valence-electron chi connectivity index (χ1n) is 14.5. The highest BCUT2D eigenvalue weighted by molar-refractivity contribution is 7.99. The van der Waals surface area contributed by atoms with Crippen LogP contribution in [0.15, 0.2) is 30.5 Å². The van der Waals surface area contributed by atoms with Crippen LogP contribution in [-0.2, 0) is 6.42 Å². The van der Waals surface area contributed by atoms with Crippen molar-refractivity contribution in [3.05, 3.63) is 47.7 Å². The van der Waals surface area contributed by atoms with E-state index in [1.807, 2.05) is 18.7 Å². The third kappa shape index (κ3) is 4.70. The van der Waals surface area contributed by atoms with E-state index >= 15 is 4.39 Å². The molecule has 2 aromatic carbocycles. The van der Waals surface area contributed by atoms with Crippen LogP contribution in [0.2, 0.25) is 0 Å². The van der Waals surface area contributed by atoms with E-state index in [2.05, 4.69) is 25.2 Å². The molecule has 5 heterocycles. The second-order valence-corrected chi connectivity index (χ2v) is 12.7. The standard InChI is InChI=1S/C31H32F3N5O2S/c1-2-21-24(33)5-4-17-10-20(40)11-22(25(17)21)27-26(34)28-23(13-35-27)29(36-19-6-9-42-15-19)38-30(37-28)41-16-31-7-3-8-39(31)14-18(32)12-31/h4-5,10-11,13,18-19,40H,2-3,6-9,12,14-16H2,1H3,(H,36,37,38)/t18-,19?,31+/m1/s1. The molecule has 3 aliphatic heterocycles. The fraction of sp³-hybridized carbons (Fsp3) is 0.452. The maximum absolute atomic E-state index is 16.6. The van der Waals surface area contributed by atoms with Crippen LogP contribution in [0.3, 0.4) is 0 Å². The predicted octanol–water partition coefficient (Wildman–Crippen LogP) is 6.26. The highest BCUT2D eigenvalue weighted by Gasteiger charge is 2.49. The summed E-state index contributed by atoms with van der Waals surface area (Å²) in [4.78, 5) is 15.8. The molecule has 7 rings (SSSR count). The van der Waals surface area contributed by atoms with Gasteiger partial charge in [0.15, 0.2) is 5.82 Å². The van der Waals surface area contributed by atoms with Crippen LogP contribution in [0.25, 0.3) is 32.9 Å². The lowest BCUT2D eigenvalue weighted by molar-refractivity contribution is 0.107. The summed E-state index contributed by atoms with van der Waals surface area (Å²) >= 11 is 1.84. The molecule has 0 aliphatic carbocycles. The molecule has 3 saturated heterocycles. The number of halogens is 3. The lowest BCUT2D eigenvalue weighted by atomic mass is 9.94. The summed E-state index contributed by atoms with van der Waals surface area (Å²) in [5.41, 5.74) is 0.256. The smallest absolute Gasteiger partial charge is 0.319 e.